The van der Waals surface area contributed by atoms with Gasteiger partial charge in [0.15, 0.2) is 5.78 Å². The number of fused-ring (bicyclic) bond motifs is 1. The highest BCUT2D eigenvalue weighted by Gasteiger charge is 2.29. The average molecular weight is 250 g/mol. The SMILES string of the molecule is CN(C1=CN=C2C=CC=CC2C1=O)c1ccccc1. The molecular formula is C16H14N2O. The lowest BCUT2D eigenvalue weighted by atomic mass is 9.90. The number of aliphatic imine (C=N–C) groups is 1. The Labute approximate surface area is 112 Å². The number of carbonyl (C=O) groups excluding carboxylic acids is 1. The van der Waals surface area contributed by atoms with E-state index in [0.29, 0.717) is 5.70 Å². The molecule has 1 aliphatic carbocycles. The van der Waals surface area contributed by atoms with Crippen LogP contribution in [-0.4, -0.2) is 18.5 Å². The number of Topliss-reactive ketones (excluding diaryl/α,β-unsaturated/α-hetero) is 1. The van der Waals surface area contributed by atoms with Crippen molar-refractivity contribution in [2.24, 2.45) is 10.9 Å². The van der Waals surface area contributed by atoms with Crippen LogP contribution in [0, 0.1) is 5.92 Å². The lowest BCUT2D eigenvalue weighted by molar-refractivity contribution is -0.116. The zero-order valence-corrected chi connectivity index (χ0v) is 10.7. The first kappa shape index (κ1) is 11.7. The van der Waals surface area contributed by atoms with Gasteiger partial charge in [0.1, 0.15) is 5.70 Å². The molecule has 0 radical (unpaired) electrons. The summed E-state index contributed by atoms with van der Waals surface area (Å²) in [4.78, 5) is 18.8. The third-order valence-corrected chi connectivity index (χ3v) is 3.38. The first-order valence-corrected chi connectivity index (χ1v) is 6.23. The van der Waals surface area contributed by atoms with Gasteiger partial charge in [-0.3, -0.25) is 9.79 Å². The van der Waals surface area contributed by atoms with E-state index in [1.807, 2.05) is 66.6 Å². The molecule has 0 fully saturated rings. The third kappa shape index (κ3) is 2.03. The normalized spacial score (nSPS) is 20.7. The standard InChI is InChI=1S/C16H14N2O/c1-18(12-7-3-2-4-8-12)15-11-17-14-10-6-5-9-13(14)16(15)19/h2-11,13H,1H3. The molecule has 3 nitrogen and oxygen atoms in total. The number of hydrogen-bond donors (Lipinski definition) is 0. The number of likely N-dealkylation sites (N-methyl/N-ethyl adjacent to an activating group) is 1. The minimum atomic E-state index is -0.240. The van der Waals surface area contributed by atoms with Crippen molar-refractivity contribution in [1.82, 2.24) is 0 Å². The summed E-state index contributed by atoms with van der Waals surface area (Å²) in [6.07, 6.45) is 9.24. The second kappa shape index (κ2) is 4.69. The van der Waals surface area contributed by atoms with Gasteiger partial charge in [0.2, 0.25) is 0 Å². The number of ketones is 1. The molecule has 19 heavy (non-hydrogen) atoms. The van der Waals surface area contributed by atoms with Gasteiger partial charge in [-0.25, -0.2) is 0 Å². The minimum Gasteiger partial charge on any atom is -0.340 e. The van der Waals surface area contributed by atoms with Crippen molar-refractivity contribution in [1.29, 1.82) is 0 Å². The second-order valence-electron chi connectivity index (χ2n) is 4.55. The van der Waals surface area contributed by atoms with Crippen molar-refractivity contribution in [3.8, 4) is 0 Å². The fourth-order valence-corrected chi connectivity index (χ4v) is 2.28. The molecule has 1 aromatic rings. The van der Waals surface area contributed by atoms with Crippen molar-refractivity contribution in [3.05, 3.63) is 66.5 Å². The Bertz CT molecular complexity index is 623. The topological polar surface area (TPSA) is 32.7 Å². The maximum atomic E-state index is 12.5. The van der Waals surface area contributed by atoms with Crippen LogP contribution in [0.3, 0.4) is 0 Å². The van der Waals surface area contributed by atoms with Crippen LogP contribution in [0.2, 0.25) is 0 Å². The predicted octanol–water partition coefficient (Wildman–Crippen LogP) is 2.73. The fraction of sp³-hybridized carbons (Fsp3) is 0.125. The van der Waals surface area contributed by atoms with E-state index < -0.39 is 0 Å². The van der Waals surface area contributed by atoms with Gasteiger partial charge in [0.25, 0.3) is 0 Å². The van der Waals surface area contributed by atoms with Gasteiger partial charge in [-0.2, -0.15) is 0 Å². The number of carbonyl (C=O) groups is 1. The number of nitrogens with zero attached hydrogens (tertiary/aromatic N) is 2. The largest absolute Gasteiger partial charge is 0.340 e. The van der Waals surface area contributed by atoms with E-state index in [2.05, 4.69) is 4.99 Å². The number of rotatable bonds is 2. The lowest BCUT2D eigenvalue weighted by Gasteiger charge is -2.27. The highest BCUT2D eigenvalue weighted by Crippen LogP contribution is 2.25. The van der Waals surface area contributed by atoms with Crippen LogP contribution < -0.4 is 4.90 Å². The van der Waals surface area contributed by atoms with Gasteiger partial charge >= 0.3 is 0 Å². The maximum Gasteiger partial charge on any atom is 0.193 e. The molecule has 1 atom stereocenters. The van der Waals surface area contributed by atoms with Crippen LogP contribution in [0.5, 0.6) is 0 Å². The zero-order chi connectivity index (χ0) is 13.2. The Kier molecular flexibility index (Phi) is 2.88. The van der Waals surface area contributed by atoms with Crippen LogP contribution in [0.4, 0.5) is 5.69 Å². The summed E-state index contributed by atoms with van der Waals surface area (Å²) in [5.41, 5.74) is 2.42. The fourth-order valence-electron chi connectivity index (χ4n) is 2.28. The molecule has 1 heterocycles. The molecule has 0 saturated carbocycles. The summed E-state index contributed by atoms with van der Waals surface area (Å²) in [7, 11) is 1.89. The van der Waals surface area contributed by atoms with Crippen molar-refractivity contribution in [3.63, 3.8) is 0 Å². The highest BCUT2D eigenvalue weighted by molar-refractivity contribution is 6.20. The van der Waals surface area contributed by atoms with Crippen LogP contribution in [-0.2, 0) is 4.79 Å². The summed E-state index contributed by atoms with van der Waals surface area (Å²) in [6, 6.07) is 9.82. The summed E-state index contributed by atoms with van der Waals surface area (Å²) in [5, 5.41) is 0. The predicted molar refractivity (Wildman–Crippen MR) is 77.1 cm³/mol. The lowest BCUT2D eigenvalue weighted by Crippen LogP contribution is -2.33. The quantitative estimate of drug-likeness (QED) is 0.808. The van der Waals surface area contributed by atoms with Gasteiger partial charge in [-0.15, -0.1) is 0 Å². The molecule has 3 rings (SSSR count). The number of benzene rings is 1. The van der Waals surface area contributed by atoms with Crippen molar-refractivity contribution < 1.29 is 4.79 Å². The first-order chi connectivity index (χ1) is 9.27. The van der Waals surface area contributed by atoms with E-state index in [9.17, 15) is 4.79 Å². The second-order valence-corrected chi connectivity index (χ2v) is 4.55. The Hall–Kier alpha value is -2.42. The van der Waals surface area contributed by atoms with Crippen LogP contribution in [0.25, 0.3) is 0 Å². The molecular weight excluding hydrogens is 236 g/mol. The van der Waals surface area contributed by atoms with Crippen molar-refractivity contribution >= 4 is 17.2 Å². The number of hydrogen-bond acceptors (Lipinski definition) is 3. The molecule has 3 heteroatoms. The van der Waals surface area contributed by atoms with Crippen molar-refractivity contribution in [2.45, 2.75) is 0 Å². The molecule has 94 valence electrons. The number of para-hydroxylation sites is 1. The molecule has 0 aromatic heterocycles. The number of anilines is 1. The molecule has 0 saturated heterocycles. The van der Waals surface area contributed by atoms with E-state index in [0.717, 1.165) is 11.4 Å². The van der Waals surface area contributed by atoms with Crippen LogP contribution in [0.15, 0.2) is 71.5 Å². The Morgan fingerprint density at radius 1 is 1.16 bits per heavy atom. The molecule has 0 N–H and O–H groups in total. The first-order valence-electron chi connectivity index (χ1n) is 6.23. The van der Waals surface area contributed by atoms with Gasteiger partial charge < -0.3 is 4.90 Å². The zero-order valence-electron chi connectivity index (χ0n) is 10.7. The highest BCUT2D eigenvalue weighted by atomic mass is 16.1. The summed E-state index contributed by atoms with van der Waals surface area (Å²) in [6.45, 7) is 0. The Balaban J connectivity index is 1.96. The third-order valence-electron chi connectivity index (χ3n) is 3.38. The summed E-state index contributed by atoms with van der Waals surface area (Å²) >= 11 is 0. The van der Waals surface area contributed by atoms with Gasteiger partial charge in [0, 0.05) is 12.7 Å². The Morgan fingerprint density at radius 3 is 2.74 bits per heavy atom. The number of allylic oxidation sites excluding steroid dienone is 5. The molecule has 0 bridgehead atoms. The van der Waals surface area contributed by atoms with Crippen molar-refractivity contribution in [2.75, 3.05) is 11.9 Å². The minimum absolute atomic E-state index is 0.0944. The van der Waals surface area contributed by atoms with Gasteiger partial charge in [0.05, 0.1) is 17.8 Å². The van der Waals surface area contributed by atoms with Crippen LogP contribution >= 0.6 is 0 Å². The summed E-state index contributed by atoms with van der Waals surface area (Å²) in [5.74, 6) is -0.145. The monoisotopic (exact) mass is 250 g/mol. The van der Waals surface area contributed by atoms with Gasteiger partial charge in [-0.05, 0) is 18.2 Å². The Morgan fingerprint density at radius 2 is 1.95 bits per heavy atom. The maximum absolute atomic E-state index is 12.5. The average Bonchev–Trinajstić information content (AvgIpc) is 2.48. The smallest absolute Gasteiger partial charge is 0.193 e. The molecule has 1 unspecified atom stereocenters. The molecule has 0 amide bonds. The van der Waals surface area contributed by atoms with E-state index in [4.69, 9.17) is 0 Å². The molecule has 2 aliphatic rings. The van der Waals surface area contributed by atoms with Gasteiger partial charge in [-0.1, -0.05) is 36.4 Å². The molecule has 1 aromatic carbocycles. The van der Waals surface area contributed by atoms with Crippen LogP contribution in [0.1, 0.15) is 0 Å². The summed E-state index contributed by atoms with van der Waals surface area (Å²) < 4.78 is 0. The van der Waals surface area contributed by atoms with E-state index in [1.165, 1.54) is 0 Å². The van der Waals surface area contributed by atoms with E-state index in [-0.39, 0.29) is 11.7 Å². The molecule has 0 spiro atoms. The molecule has 1 aliphatic heterocycles. The van der Waals surface area contributed by atoms with E-state index in [1.54, 1.807) is 6.20 Å². The van der Waals surface area contributed by atoms with E-state index >= 15 is 0 Å².